The molecule has 0 radical (unpaired) electrons. The van der Waals surface area contributed by atoms with E-state index in [1.807, 2.05) is 12.1 Å². The summed E-state index contributed by atoms with van der Waals surface area (Å²) in [6, 6.07) is 7.27. The average molecular weight is 321 g/mol. The lowest BCUT2D eigenvalue weighted by Gasteiger charge is -2.35. The first-order valence-corrected chi connectivity index (χ1v) is 8.47. The van der Waals surface area contributed by atoms with E-state index in [1.54, 1.807) is 12.1 Å². The zero-order valence-electron chi connectivity index (χ0n) is 12.6. The molecule has 0 atom stereocenters. The minimum absolute atomic E-state index is 0.00475. The van der Waals surface area contributed by atoms with Gasteiger partial charge in [-0.1, -0.05) is 17.7 Å². The molecule has 2 aliphatic carbocycles. The van der Waals surface area contributed by atoms with E-state index in [0.717, 1.165) is 32.2 Å². The van der Waals surface area contributed by atoms with Crippen LogP contribution in [0, 0.1) is 0 Å². The summed E-state index contributed by atoms with van der Waals surface area (Å²) in [5.41, 5.74) is -0.667. The number of nitrogens with zero attached hydrogens (tertiary/aromatic N) is 1. The fraction of sp³-hybridized carbons (Fsp3) is 0.588. The van der Waals surface area contributed by atoms with Crippen LogP contribution in [-0.2, 0) is 4.79 Å². The first-order chi connectivity index (χ1) is 10.6. The third-order valence-electron chi connectivity index (χ3n) is 4.93. The molecule has 2 saturated carbocycles. The standard InChI is InChI=1S/C17H21ClN2O2/c18-13-3-1-4-14(11-13)22-17(7-8-17)15(21)19-16(5-6-16)12-20-9-2-10-20/h1,3-4,11H,2,5-10,12H2,(H,19,21). The second kappa shape index (κ2) is 5.14. The van der Waals surface area contributed by atoms with E-state index in [9.17, 15) is 4.79 Å². The highest BCUT2D eigenvalue weighted by atomic mass is 35.5. The van der Waals surface area contributed by atoms with Gasteiger partial charge in [-0.25, -0.2) is 0 Å². The van der Waals surface area contributed by atoms with Crippen LogP contribution in [0.15, 0.2) is 24.3 Å². The molecule has 0 bridgehead atoms. The fourth-order valence-electron chi connectivity index (χ4n) is 3.04. The van der Waals surface area contributed by atoms with Gasteiger partial charge in [-0.3, -0.25) is 4.79 Å². The first-order valence-electron chi connectivity index (χ1n) is 8.09. The molecule has 0 unspecified atom stereocenters. The average Bonchev–Trinajstić information content (AvgIpc) is 3.33. The summed E-state index contributed by atoms with van der Waals surface area (Å²) in [7, 11) is 0. The molecule has 1 amide bonds. The molecule has 5 heteroatoms. The number of hydrogen-bond donors (Lipinski definition) is 1. The van der Waals surface area contributed by atoms with Gasteiger partial charge in [0.1, 0.15) is 5.75 Å². The van der Waals surface area contributed by atoms with Crippen molar-refractivity contribution in [2.75, 3.05) is 19.6 Å². The maximum absolute atomic E-state index is 12.7. The van der Waals surface area contributed by atoms with Crippen molar-refractivity contribution in [2.24, 2.45) is 0 Å². The van der Waals surface area contributed by atoms with Crippen LogP contribution in [0.1, 0.15) is 32.1 Å². The number of rotatable bonds is 6. The van der Waals surface area contributed by atoms with Gasteiger partial charge in [-0.2, -0.15) is 0 Å². The van der Waals surface area contributed by atoms with Gasteiger partial charge in [0.2, 0.25) is 0 Å². The Hall–Kier alpha value is -1.26. The Kier molecular flexibility index (Phi) is 3.35. The smallest absolute Gasteiger partial charge is 0.264 e. The summed E-state index contributed by atoms with van der Waals surface area (Å²) in [6.07, 6.45) is 5.02. The van der Waals surface area contributed by atoms with Gasteiger partial charge in [0.25, 0.3) is 5.91 Å². The Morgan fingerprint density at radius 2 is 2.05 bits per heavy atom. The molecule has 1 aromatic rings. The predicted octanol–water partition coefficient (Wildman–Crippen LogP) is 2.61. The molecule has 22 heavy (non-hydrogen) atoms. The van der Waals surface area contributed by atoms with E-state index in [-0.39, 0.29) is 11.4 Å². The minimum atomic E-state index is -0.671. The summed E-state index contributed by atoms with van der Waals surface area (Å²) in [5, 5.41) is 3.90. The van der Waals surface area contributed by atoms with E-state index in [0.29, 0.717) is 10.8 Å². The Balaban J connectivity index is 1.39. The Morgan fingerprint density at radius 3 is 2.59 bits per heavy atom. The number of halogens is 1. The van der Waals surface area contributed by atoms with Crippen molar-refractivity contribution in [3.8, 4) is 5.75 Å². The van der Waals surface area contributed by atoms with Crippen LogP contribution in [-0.4, -0.2) is 41.6 Å². The van der Waals surface area contributed by atoms with Gasteiger partial charge in [0.15, 0.2) is 5.60 Å². The van der Waals surface area contributed by atoms with Gasteiger partial charge in [0.05, 0.1) is 5.54 Å². The SMILES string of the molecule is O=C(NC1(CN2CCC2)CC1)C1(Oc2cccc(Cl)c2)CC1. The first kappa shape index (κ1) is 14.3. The summed E-state index contributed by atoms with van der Waals surface area (Å²) in [5.74, 6) is 0.721. The van der Waals surface area contributed by atoms with Gasteiger partial charge in [-0.05, 0) is 50.6 Å². The highest BCUT2D eigenvalue weighted by Gasteiger charge is 2.57. The number of amides is 1. The zero-order valence-corrected chi connectivity index (χ0v) is 13.4. The lowest BCUT2D eigenvalue weighted by molar-refractivity contribution is -0.131. The van der Waals surface area contributed by atoms with Crippen LogP contribution < -0.4 is 10.1 Å². The molecular formula is C17H21ClN2O2. The van der Waals surface area contributed by atoms with E-state index < -0.39 is 5.60 Å². The molecule has 0 aromatic heterocycles. The molecule has 3 fully saturated rings. The number of nitrogens with one attached hydrogen (secondary N) is 1. The molecular weight excluding hydrogens is 300 g/mol. The summed E-state index contributed by atoms with van der Waals surface area (Å²) < 4.78 is 5.96. The summed E-state index contributed by atoms with van der Waals surface area (Å²) in [6.45, 7) is 3.33. The largest absolute Gasteiger partial charge is 0.477 e. The van der Waals surface area contributed by atoms with Crippen LogP contribution in [0.3, 0.4) is 0 Å². The summed E-state index contributed by atoms with van der Waals surface area (Å²) in [4.78, 5) is 15.1. The lowest BCUT2D eigenvalue weighted by atomic mass is 10.1. The van der Waals surface area contributed by atoms with E-state index in [1.165, 1.54) is 19.5 Å². The van der Waals surface area contributed by atoms with Crippen molar-refractivity contribution in [1.82, 2.24) is 10.2 Å². The van der Waals surface area contributed by atoms with E-state index in [2.05, 4.69) is 10.2 Å². The molecule has 1 aliphatic heterocycles. The topological polar surface area (TPSA) is 41.6 Å². The molecule has 4 rings (SSSR count). The molecule has 118 valence electrons. The van der Waals surface area contributed by atoms with Crippen molar-refractivity contribution < 1.29 is 9.53 Å². The van der Waals surface area contributed by atoms with Gasteiger partial charge in [0, 0.05) is 24.4 Å². The van der Waals surface area contributed by atoms with Crippen LogP contribution >= 0.6 is 11.6 Å². The molecule has 1 aromatic carbocycles. The minimum Gasteiger partial charge on any atom is -0.477 e. The Bertz CT molecular complexity index is 592. The Labute approximate surface area is 135 Å². The highest BCUT2D eigenvalue weighted by Crippen LogP contribution is 2.44. The van der Waals surface area contributed by atoms with Crippen LogP contribution in [0.25, 0.3) is 0 Å². The van der Waals surface area contributed by atoms with Gasteiger partial charge < -0.3 is 15.0 Å². The molecule has 4 nitrogen and oxygen atoms in total. The Morgan fingerprint density at radius 1 is 1.27 bits per heavy atom. The summed E-state index contributed by atoms with van der Waals surface area (Å²) >= 11 is 5.98. The number of ether oxygens (including phenoxy) is 1. The molecule has 1 saturated heterocycles. The van der Waals surface area contributed by atoms with Crippen molar-refractivity contribution >= 4 is 17.5 Å². The van der Waals surface area contributed by atoms with Crippen LogP contribution in [0.2, 0.25) is 5.02 Å². The molecule has 1 N–H and O–H groups in total. The highest BCUT2D eigenvalue weighted by molar-refractivity contribution is 6.30. The maximum atomic E-state index is 12.7. The van der Waals surface area contributed by atoms with Crippen molar-refractivity contribution in [3.63, 3.8) is 0 Å². The predicted molar refractivity (Wildman–Crippen MR) is 85.2 cm³/mol. The number of carbonyl (C=O) groups excluding carboxylic acids is 1. The van der Waals surface area contributed by atoms with Crippen molar-refractivity contribution in [1.29, 1.82) is 0 Å². The second-order valence-corrected chi connectivity index (χ2v) is 7.35. The fourth-order valence-corrected chi connectivity index (χ4v) is 3.22. The third-order valence-corrected chi connectivity index (χ3v) is 5.17. The van der Waals surface area contributed by atoms with Crippen LogP contribution in [0.4, 0.5) is 0 Å². The molecule has 0 spiro atoms. The molecule has 1 heterocycles. The normalized spacial score (nSPS) is 24.2. The van der Waals surface area contributed by atoms with Gasteiger partial charge in [-0.15, -0.1) is 0 Å². The zero-order chi connectivity index (χ0) is 15.2. The van der Waals surface area contributed by atoms with E-state index in [4.69, 9.17) is 16.3 Å². The monoisotopic (exact) mass is 320 g/mol. The van der Waals surface area contributed by atoms with E-state index >= 15 is 0 Å². The number of likely N-dealkylation sites (tertiary alicyclic amines) is 1. The number of carbonyl (C=O) groups is 1. The number of hydrogen-bond acceptors (Lipinski definition) is 3. The van der Waals surface area contributed by atoms with Crippen molar-refractivity contribution in [3.05, 3.63) is 29.3 Å². The van der Waals surface area contributed by atoms with Crippen LogP contribution in [0.5, 0.6) is 5.75 Å². The quantitative estimate of drug-likeness (QED) is 0.876. The van der Waals surface area contributed by atoms with Gasteiger partial charge >= 0.3 is 0 Å². The second-order valence-electron chi connectivity index (χ2n) is 6.92. The lowest BCUT2D eigenvalue weighted by Crippen LogP contribution is -2.53. The number of benzene rings is 1. The van der Waals surface area contributed by atoms with Crippen molar-refractivity contribution in [2.45, 2.75) is 43.2 Å². The third kappa shape index (κ3) is 2.82. The molecule has 3 aliphatic rings. The maximum Gasteiger partial charge on any atom is 0.264 e.